The minimum absolute atomic E-state index is 0. The Morgan fingerprint density at radius 2 is 2.15 bits per heavy atom. The van der Waals surface area contributed by atoms with Crippen molar-refractivity contribution in [1.82, 2.24) is 15.6 Å². The molecular formula is C19H26IN5OS. The van der Waals surface area contributed by atoms with E-state index in [4.69, 9.17) is 0 Å². The molecule has 1 aromatic carbocycles. The second-order valence-corrected chi connectivity index (χ2v) is 7.56. The van der Waals surface area contributed by atoms with Crippen LogP contribution in [0.1, 0.15) is 28.3 Å². The predicted molar refractivity (Wildman–Crippen MR) is 122 cm³/mol. The number of nitrogens with one attached hydrogen (secondary N) is 2. The van der Waals surface area contributed by atoms with Crippen LogP contribution in [0.4, 0.5) is 5.69 Å². The van der Waals surface area contributed by atoms with Gasteiger partial charge in [-0.3, -0.25) is 9.79 Å². The number of thiazole rings is 1. The van der Waals surface area contributed by atoms with Crippen molar-refractivity contribution in [3.8, 4) is 0 Å². The lowest BCUT2D eigenvalue weighted by atomic mass is 10.2. The van der Waals surface area contributed by atoms with Gasteiger partial charge in [-0.05, 0) is 31.4 Å². The SMILES string of the molecule is CN=C(NCCCC(=O)N1CCc2ccccc21)NCc1ncc(C)s1.I. The van der Waals surface area contributed by atoms with E-state index in [1.165, 1.54) is 10.4 Å². The van der Waals surface area contributed by atoms with Gasteiger partial charge in [0.1, 0.15) is 5.01 Å². The first-order valence-corrected chi connectivity index (χ1v) is 9.73. The molecule has 2 aromatic rings. The summed E-state index contributed by atoms with van der Waals surface area (Å²) in [7, 11) is 1.74. The number of hydrogen-bond donors (Lipinski definition) is 2. The molecule has 0 saturated heterocycles. The average Bonchev–Trinajstić information content (AvgIpc) is 3.27. The highest BCUT2D eigenvalue weighted by Crippen LogP contribution is 2.27. The predicted octanol–water partition coefficient (Wildman–Crippen LogP) is 3.10. The second-order valence-electron chi connectivity index (χ2n) is 6.24. The Kier molecular flexibility index (Phi) is 8.49. The topological polar surface area (TPSA) is 69.6 Å². The smallest absolute Gasteiger partial charge is 0.227 e. The molecule has 0 unspecified atom stereocenters. The number of carbonyl (C=O) groups is 1. The summed E-state index contributed by atoms with van der Waals surface area (Å²) in [5.74, 6) is 0.926. The largest absolute Gasteiger partial charge is 0.356 e. The van der Waals surface area contributed by atoms with Gasteiger partial charge < -0.3 is 15.5 Å². The van der Waals surface area contributed by atoms with Crippen molar-refractivity contribution in [2.45, 2.75) is 32.7 Å². The third-order valence-corrected chi connectivity index (χ3v) is 5.26. The summed E-state index contributed by atoms with van der Waals surface area (Å²) in [6.45, 7) is 4.20. The van der Waals surface area contributed by atoms with Crippen LogP contribution in [0.3, 0.4) is 0 Å². The van der Waals surface area contributed by atoms with E-state index in [0.29, 0.717) is 19.5 Å². The van der Waals surface area contributed by atoms with Crippen molar-refractivity contribution in [2.24, 2.45) is 4.99 Å². The molecule has 1 aliphatic heterocycles. The molecule has 0 aliphatic carbocycles. The highest BCUT2D eigenvalue weighted by Gasteiger charge is 2.23. The van der Waals surface area contributed by atoms with Crippen molar-refractivity contribution < 1.29 is 4.79 Å². The lowest BCUT2D eigenvalue weighted by Gasteiger charge is -2.17. The van der Waals surface area contributed by atoms with Gasteiger partial charge in [-0.1, -0.05) is 18.2 Å². The van der Waals surface area contributed by atoms with Crippen LogP contribution in [0.15, 0.2) is 35.5 Å². The third-order valence-electron chi connectivity index (χ3n) is 4.35. The zero-order chi connectivity index (χ0) is 18.4. The Morgan fingerprint density at radius 3 is 2.89 bits per heavy atom. The van der Waals surface area contributed by atoms with Crippen molar-refractivity contribution >= 4 is 52.9 Å². The molecule has 2 N–H and O–H groups in total. The fourth-order valence-corrected chi connectivity index (χ4v) is 3.77. The van der Waals surface area contributed by atoms with Gasteiger partial charge in [0.15, 0.2) is 5.96 Å². The minimum atomic E-state index is 0. The van der Waals surface area contributed by atoms with E-state index in [1.54, 1.807) is 18.4 Å². The molecule has 8 heteroatoms. The number of rotatable bonds is 6. The van der Waals surface area contributed by atoms with Gasteiger partial charge in [-0.25, -0.2) is 4.98 Å². The number of aryl methyl sites for hydroxylation is 1. The number of hydrogen-bond acceptors (Lipinski definition) is 4. The Hall–Kier alpha value is -1.68. The van der Waals surface area contributed by atoms with Gasteiger partial charge in [0.05, 0.1) is 6.54 Å². The number of amides is 1. The van der Waals surface area contributed by atoms with Gasteiger partial charge in [-0.2, -0.15) is 0 Å². The number of carbonyl (C=O) groups excluding carboxylic acids is 1. The molecule has 0 saturated carbocycles. The molecule has 0 spiro atoms. The van der Waals surface area contributed by atoms with Crippen LogP contribution in [0.2, 0.25) is 0 Å². The van der Waals surface area contributed by atoms with E-state index in [2.05, 4.69) is 26.7 Å². The molecule has 146 valence electrons. The molecule has 0 fully saturated rings. The van der Waals surface area contributed by atoms with Gasteiger partial charge in [0.2, 0.25) is 5.91 Å². The highest BCUT2D eigenvalue weighted by molar-refractivity contribution is 14.0. The van der Waals surface area contributed by atoms with E-state index in [9.17, 15) is 4.79 Å². The third kappa shape index (κ3) is 5.90. The molecule has 1 aromatic heterocycles. The van der Waals surface area contributed by atoms with Crippen LogP contribution in [-0.2, 0) is 17.8 Å². The molecule has 1 aliphatic rings. The summed E-state index contributed by atoms with van der Waals surface area (Å²) in [6.07, 6.45) is 4.13. The number of anilines is 1. The Morgan fingerprint density at radius 1 is 1.33 bits per heavy atom. The molecule has 27 heavy (non-hydrogen) atoms. The molecule has 0 radical (unpaired) electrons. The van der Waals surface area contributed by atoms with E-state index in [-0.39, 0.29) is 29.9 Å². The zero-order valence-corrected chi connectivity index (χ0v) is 18.8. The summed E-state index contributed by atoms with van der Waals surface area (Å²) in [4.78, 5) is 24.1. The van der Waals surface area contributed by atoms with Crippen LogP contribution in [0.25, 0.3) is 0 Å². The summed E-state index contributed by atoms with van der Waals surface area (Å²) >= 11 is 1.67. The first-order valence-electron chi connectivity index (χ1n) is 8.91. The van der Waals surface area contributed by atoms with E-state index < -0.39 is 0 Å². The number of benzene rings is 1. The van der Waals surface area contributed by atoms with E-state index in [0.717, 1.165) is 36.0 Å². The van der Waals surface area contributed by atoms with Crippen molar-refractivity contribution in [2.75, 3.05) is 25.0 Å². The van der Waals surface area contributed by atoms with E-state index >= 15 is 0 Å². The number of halogens is 1. The maximum atomic E-state index is 12.5. The van der Waals surface area contributed by atoms with Crippen LogP contribution < -0.4 is 15.5 Å². The number of fused-ring (bicyclic) bond motifs is 1. The standard InChI is InChI=1S/C19H25N5OS.HI/c1-14-12-22-17(26-14)13-23-19(20-2)21-10-5-8-18(25)24-11-9-15-6-3-4-7-16(15)24;/h3-4,6-7,12H,5,8-11,13H2,1-2H3,(H2,20,21,23);1H. The molecule has 0 atom stereocenters. The first-order chi connectivity index (χ1) is 12.7. The number of nitrogens with zero attached hydrogens (tertiary/aromatic N) is 3. The minimum Gasteiger partial charge on any atom is -0.356 e. The molecule has 2 heterocycles. The van der Waals surface area contributed by atoms with Gasteiger partial charge in [-0.15, -0.1) is 35.3 Å². The van der Waals surface area contributed by atoms with Crippen molar-refractivity contribution in [3.63, 3.8) is 0 Å². The fourth-order valence-electron chi connectivity index (χ4n) is 3.04. The highest BCUT2D eigenvalue weighted by atomic mass is 127. The lowest BCUT2D eigenvalue weighted by molar-refractivity contribution is -0.118. The summed E-state index contributed by atoms with van der Waals surface area (Å²) in [5.41, 5.74) is 2.34. The zero-order valence-electron chi connectivity index (χ0n) is 15.7. The number of para-hydroxylation sites is 1. The molecule has 1 amide bonds. The Labute approximate surface area is 181 Å². The maximum absolute atomic E-state index is 12.5. The van der Waals surface area contributed by atoms with Crippen LogP contribution in [-0.4, -0.2) is 37.0 Å². The molecule has 3 rings (SSSR count). The van der Waals surface area contributed by atoms with Crippen LogP contribution >= 0.6 is 35.3 Å². The Bertz CT molecular complexity index is 792. The van der Waals surface area contributed by atoms with E-state index in [1.807, 2.05) is 36.2 Å². The summed E-state index contributed by atoms with van der Waals surface area (Å²) < 4.78 is 0. The quantitative estimate of drug-likeness (QED) is 0.278. The monoisotopic (exact) mass is 499 g/mol. The van der Waals surface area contributed by atoms with Crippen LogP contribution in [0.5, 0.6) is 0 Å². The second kappa shape index (κ2) is 10.6. The lowest BCUT2D eigenvalue weighted by Crippen LogP contribution is -2.37. The molecular weight excluding hydrogens is 473 g/mol. The average molecular weight is 499 g/mol. The van der Waals surface area contributed by atoms with Crippen molar-refractivity contribution in [1.29, 1.82) is 0 Å². The van der Waals surface area contributed by atoms with Crippen molar-refractivity contribution in [3.05, 3.63) is 45.9 Å². The number of aliphatic imine (C=N–C) groups is 1. The molecule has 0 bridgehead atoms. The summed E-state index contributed by atoms with van der Waals surface area (Å²) in [5, 5.41) is 7.54. The maximum Gasteiger partial charge on any atom is 0.227 e. The van der Waals surface area contributed by atoms with Gasteiger partial charge in [0.25, 0.3) is 0 Å². The number of guanidine groups is 1. The van der Waals surface area contributed by atoms with Crippen LogP contribution in [0, 0.1) is 6.92 Å². The number of aromatic nitrogens is 1. The van der Waals surface area contributed by atoms with Gasteiger partial charge >= 0.3 is 0 Å². The molecule has 6 nitrogen and oxygen atoms in total. The first kappa shape index (κ1) is 21.6. The summed E-state index contributed by atoms with van der Waals surface area (Å²) in [6, 6.07) is 8.16. The Balaban J connectivity index is 0.00000261. The fraction of sp³-hybridized carbons (Fsp3) is 0.421. The van der Waals surface area contributed by atoms with Gasteiger partial charge in [0, 0.05) is 43.3 Å². The normalized spacial score (nSPS) is 13.1.